The maximum Gasteiger partial charge on any atom is 0.298 e. The lowest BCUT2D eigenvalue weighted by atomic mass is 9.96. The van der Waals surface area contributed by atoms with E-state index in [0.717, 1.165) is 19.1 Å². The van der Waals surface area contributed by atoms with Crippen molar-refractivity contribution in [2.45, 2.75) is 12.6 Å². The van der Waals surface area contributed by atoms with Crippen LogP contribution in [0.25, 0.3) is 0 Å². The minimum atomic E-state index is -0.0598. The molecule has 0 bridgehead atoms. The van der Waals surface area contributed by atoms with Crippen molar-refractivity contribution in [3.63, 3.8) is 0 Å². The van der Waals surface area contributed by atoms with Crippen molar-refractivity contribution in [2.75, 3.05) is 13.7 Å². The number of rotatable bonds is 3. The molecule has 2 aliphatic heterocycles. The van der Waals surface area contributed by atoms with E-state index in [4.69, 9.17) is 4.74 Å². The van der Waals surface area contributed by atoms with Crippen LogP contribution in [0.3, 0.4) is 0 Å². The summed E-state index contributed by atoms with van der Waals surface area (Å²) in [6, 6.07) is 19.1. The van der Waals surface area contributed by atoms with Gasteiger partial charge in [0.2, 0.25) is 0 Å². The van der Waals surface area contributed by atoms with Crippen LogP contribution in [0.2, 0.25) is 0 Å². The summed E-state index contributed by atoms with van der Waals surface area (Å²) in [5.74, 6) is 1.00. The van der Waals surface area contributed by atoms with Gasteiger partial charge in [-0.05, 0) is 12.6 Å². The molecule has 4 rings (SSSR count). The Hall–Kier alpha value is -2.36. The lowest BCUT2D eigenvalue weighted by molar-refractivity contribution is -0.870. The Kier molecular flexibility index (Phi) is 3.52. The molecule has 0 fully saturated rings. The van der Waals surface area contributed by atoms with Crippen molar-refractivity contribution in [3.8, 4) is 0 Å². The molecule has 116 valence electrons. The third-order valence-corrected chi connectivity index (χ3v) is 4.62. The average Bonchev–Trinajstić information content (AvgIpc) is 2.91. The third kappa shape index (κ3) is 2.38. The SMILES string of the molecule is CNC[N+]12C=CC=C1OC(c1ccccc1)c1ccccc1C2. The van der Waals surface area contributed by atoms with Crippen molar-refractivity contribution in [2.24, 2.45) is 0 Å². The number of quaternary nitrogens is 1. The first-order valence-electron chi connectivity index (χ1n) is 8.03. The molecule has 23 heavy (non-hydrogen) atoms. The molecule has 0 aliphatic carbocycles. The molecule has 0 amide bonds. The molecule has 0 aromatic heterocycles. The second kappa shape index (κ2) is 5.69. The lowest BCUT2D eigenvalue weighted by Crippen LogP contribution is -2.45. The number of allylic oxidation sites excluding steroid dienone is 2. The fourth-order valence-electron chi connectivity index (χ4n) is 3.55. The molecule has 2 aromatic rings. The topological polar surface area (TPSA) is 21.3 Å². The minimum Gasteiger partial charge on any atom is -0.438 e. The van der Waals surface area contributed by atoms with E-state index in [-0.39, 0.29) is 6.10 Å². The highest BCUT2D eigenvalue weighted by molar-refractivity contribution is 5.37. The highest BCUT2D eigenvalue weighted by atomic mass is 16.5. The summed E-state index contributed by atoms with van der Waals surface area (Å²) in [5.41, 5.74) is 3.79. The van der Waals surface area contributed by atoms with Crippen LogP contribution in [0, 0.1) is 0 Å². The molecule has 3 heteroatoms. The molecule has 2 aromatic carbocycles. The Bertz CT molecular complexity index is 766. The molecule has 0 saturated carbocycles. The summed E-state index contributed by atoms with van der Waals surface area (Å²) in [7, 11) is 1.99. The molecule has 2 unspecified atom stereocenters. The summed E-state index contributed by atoms with van der Waals surface area (Å²) in [4.78, 5) is 0. The quantitative estimate of drug-likeness (QED) is 0.874. The first-order chi connectivity index (χ1) is 11.3. The second-order valence-corrected chi connectivity index (χ2v) is 6.16. The molecular formula is C20H21N2O+. The predicted molar refractivity (Wildman–Crippen MR) is 90.9 cm³/mol. The molecule has 2 aliphatic rings. The molecule has 3 nitrogen and oxygen atoms in total. The van der Waals surface area contributed by atoms with Gasteiger partial charge in [-0.3, -0.25) is 5.32 Å². The zero-order chi connectivity index (χ0) is 15.7. The Morgan fingerprint density at radius 1 is 1.09 bits per heavy atom. The normalized spacial score (nSPS) is 25.1. The van der Waals surface area contributed by atoms with E-state index in [1.165, 1.54) is 16.7 Å². The van der Waals surface area contributed by atoms with Crippen molar-refractivity contribution in [3.05, 3.63) is 95.5 Å². The molecule has 2 heterocycles. The van der Waals surface area contributed by atoms with Crippen LogP contribution in [-0.2, 0) is 11.3 Å². The van der Waals surface area contributed by atoms with E-state index in [1.807, 2.05) is 13.1 Å². The van der Waals surface area contributed by atoms with E-state index in [1.54, 1.807) is 0 Å². The predicted octanol–water partition coefficient (Wildman–Crippen LogP) is 3.67. The van der Waals surface area contributed by atoms with E-state index in [9.17, 15) is 0 Å². The van der Waals surface area contributed by atoms with Gasteiger partial charge in [0.25, 0.3) is 5.88 Å². The molecule has 1 N–H and O–H groups in total. The van der Waals surface area contributed by atoms with Gasteiger partial charge in [0.1, 0.15) is 19.4 Å². The summed E-state index contributed by atoms with van der Waals surface area (Å²) in [6.07, 6.45) is 6.35. The standard InChI is InChI=1S/C20H21N2O/c1-21-15-22-13-7-12-19(22)23-20(16-8-3-2-4-9-16)18-11-6-5-10-17(18)14-22/h2-13,20-21H,14-15H2,1H3/q+1. The van der Waals surface area contributed by atoms with Crippen LogP contribution >= 0.6 is 0 Å². The minimum absolute atomic E-state index is 0.0598. The highest BCUT2D eigenvalue weighted by Gasteiger charge is 2.41. The fourth-order valence-corrected chi connectivity index (χ4v) is 3.55. The summed E-state index contributed by atoms with van der Waals surface area (Å²) in [6.45, 7) is 1.72. The number of hydrogen-bond acceptors (Lipinski definition) is 2. The summed E-state index contributed by atoms with van der Waals surface area (Å²) >= 11 is 0. The van der Waals surface area contributed by atoms with Gasteiger partial charge >= 0.3 is 0 Å². The monoisotopic (exact) mass is 305 g/mol. The summed E-state index contributed by atoms with van der Waals surface area (Å²) in [5, 5.41) is 3.31. The van der Waals surface area contributed by atoms with Gasteiger partial charge < -0.3 is 4.74 Å². The number of benzene rings is 2. The zero-order valence-electron chi connectivity index (χ0n) is 13.3. The Morgan fingerprint density at radius 3 is 2.70 bits per heavy atom. The van der Waals surface area contributed by atoms with Crippen LogP contribution < -0.4 is 5.32 Å². The van der Waals surface area contributed by atoms with Crippen molar-refractivity contribution >= 4 is 0 Å². The van der Waals surface area contributed by atoms with Gasteiger partial charge in [0, 0.05) is 23.3 Å². The first kappa shape index (κ1) is 14.2. The fraction of sp³-hybridized carbons (Fsp3) is 0.200. The van der Waals surface area contributed by atoms with Crippen LogP contribution in [0.1, 0.15) is 22.8 Å². The largest absolute Gasteiger partial charge is 0.438 e. The number of hydrogen-bond donors (Lipinski definition) is 1. The Labute approximate surface area is 137 Å². The van der Waals surface area contributed by atoms with Gasteiger partial charge in [-0.1, -0.05) is 54.6 Å². The summed E-state index contributed by atoms with van der Waals surface area (Å²) < 4.78 is 7.23. The van der Waals surface area contributed by atoms with E-state index in [0.29, 0.717) is 4.48 Å². The third-order valence-electron chi connectivity index (χ3n) is 4.62. The van der Waals surface area contributed by atoms with Crippen molar-refractivity contribution < 1.29 is 9.22 Å². The lowest BCUT2D eigenvalue weighted by Gasteiger charge is -2.31. The van der Waals surface area contributed by atoms with Gasteiger partial charge in [0.05, 0.1) is 0 Å². The maximum atomic E-state index is 6.53. The Morgan fingerprint density at radius 2 is 1.87 bits per heavy atom. The average molecular weight is 305 g/mol. The molecule has 0 saturated heterocycles. The van der Waals surface area contributed by atoms with E-state index < -0.39 is 0 Å². The highest BCUT2D eigenvalue weighted by Crippen LogP contribution is 2.41. The van der Waals surface area contributed by atoms with Crippen LogP contribution in [0.4, 0.5) is 0 Å². The van der Waals surface area contributed by atoms with Gasteiger partial charge in [0.15, 0.2) is 6.10 Å². The first-order valence-corrected chi connectivity index (χ1v) is 8.03. The number of ether oxygens (including phenoxy) is 1. The van der Waals surface area contributed by atoms with Gasteiger partial charge in [-0.15, -0.1) is 0 Å². The van der Waals surface area contributed by atoms with E-state index in [2.05, 4.69) is 72.2 Å². The van der Waals surface area contributed by atoms with Crippen LogP contribution in [0.15, 0.2) is 78.8 Å². The molecule has 2 atom stereocenters. The van der Waals surface area contributed by atoms with Crippen LogP contribution in [-0.4, -0.2) is 18.2 Å². The molecule has 0 radical (unpaired) electrons. The van der Waals surface area contributed by atoms with Gasteiger partial charge in [-0.25, -0.2) is 4.48 Å². The molecular weight excluding hydrogens is 284 g/mol. The van der Waals surface area contributed by atoms with Crippen molar-refractivity contribution in [1.29, 1.82) is 0 Å². The zero-order valence-corrected chi connectivity index (χ0v) is 13.3. The smallest absolute Gasteiger partial charge is 0.298 e. The van der Waals surface area contributed by atoms with E-state index >= 15 is 0 Å². The Balaban J connectivity index is 1.85. The second-order valence-electron chi connectivity index (χ2n) is 6.16. The number of fused-ring (bicyclic) bond motifs is 2. The number of nitrogens with one attached hydrogen (secondary N) is 1. The van der Waals surface area contributed by atoms with Crippen molar-refractivity contribution in [1.82, 2.24) is 5.32 Å². The molecule has 0 spiro atoms. The van der Waals surface area contributed by atoms with Gasteiger partial charge in [-0.2, -0.15) is 0 Å². The van der Waals surface area contributed by atoms with Crippen LogP contribution in [0.5, 0.6) is 0 Å². The number of nitrogens with zero attached hydrogens (tertiary/aromatic N) is 1. The maximum absolute atomic E-state index is 6.53.